The van der Waals surface area contributed by atoms with Gasteiger partial charge in [0.15, 0.2) is 0 Å². The molecule has 0 aliphatic heterocycles. The maximum atomic E-state index is 12.3. The van der Waals surface area contributed by atoms with Gasteiger partial charge in [0, 0.05) is 11.8 Å². The molecule has 0 radical (unpaired) electrons. The molecule has 0 fully saturated rings. The molecule has 2 rings (SSSR count). The predicted octanol–water partition coefficient (Wildman–Crippen LogP) is 5.59. The maximum absolute atomic E-state index is 12.3. The molecule has 0 aliphatic rings. The molecule has 23 heavy (non-hydrogen) atoms. The number of nitrogens with one attached hydrogen (secondary N) is 1. The smallest absolute Gasteiger partial charge is 0.248 e. The van der Waals surface area contributed by atoms with Crippen LogP contribution in [0.15, 0.2) is 54.6 Å². The lowest BCUT2D eigenvalue weighted by atomic mass is 9.92. The molecule has 0 saturated heterocycles. The van der Waals surface area contributed by atoms with Gasteiger partial charge in [-0.3, -0.25) is 4.79 Å². The normalized spacial score (nSPS) is 11.4. The van der Waals surface area contributed by atoms with Gasteiger partial charge < -0.3 is 5.32 Å². The van der Waals surface area contributed by atoms with Crippen LogP contribution in [0, 0.1) is 0 Å². The summed E-state index contributed by atoms with van der Waals surface area (Å²) < 4.78 is 0. The summed E-state index contributed by atoms with van der Waals surface area (Å²) in [6.45, 7) is 8.59. The van der Waals surface area contributed by atoms with Crippen LogP contribution in [0.2, 0.25) is 0 Å². The van der Waals surface area contributed by atoms with E-state index in [1.54, 1.807) is 6.08 Å². The molecule has 0 atom stereocenters. The fourth-order valence-electron chi connectivity index (χ4n) is 2.60. The van der Waals surface area contributed by atoms with Crippen LogP contribution in [0.3, 0.4) is 0 Å². The van der Waals surface area contributed by atoms with Crippen LogP contribution in [0.4, 0.5) is 5.69 Å². The predicted molar refractivity (Wildman–Crippen MR) is 98.7 cm³/mol. The van der Waals surface area contributed by atoms with E-state index in [2.05, 4.69) is 51.2 Å². The highest BCUT2D eigenvalue weighted by Gasteiger charge is 2.14. The van der Waals surface area contributed by atoms with Crippen molar-refractivity contribution in [1.82, 2.24) is 0 Å². The van der Waals surface area contributed by atoms with Crippen LogP contribution >= 0.6 is 0 Å². The molecule has 0 bridgehead atoms. The molecule has 2 nitrogen and oxygen atoms in total. The van der Waals surface area contributed by atoms with Crippen LogP contribution in [0.1, 0.15) is 56.2 Å². The van der Waals surface area contributed by atoms with Gasteiger partial charge in [0.2, 0.25) is 5.91 Å². The first-order chi connectivity index (χ1) is 11.0. The van der Waals surface area contributed by atoms with E-state index in [-0.39, 0.29) is 5.91 Å². The number of carbonyl (C=O) groups excluding carboxylic acids is 1. The molecule has 0 aromatic heterocycles. The van der Waals surface area contributed by atoms with E-state index in [1.165, 1.54) is 11.1 Å². The Kier molecular flexibility index (Phi) is 5.75. The second kappa shape index (κ2) is 7.77. The van der Waals surface area contributed by atoms with Gasteiger partial charge in [-0.05, 0) is 34.6 Å². The highest BCUT2D eigenvalue weighted by atomic mass is 16.1. The van der Waals surface area contributed by atoms with Gasteiger partial charge in [-0.2, -0.15) is 0 Å². The quantitative estimate of drug-likeness (QED) is 0.717. The molecule has 0 spiro atoms. The number of benzene rings is 2. The van der Waals surface area contributed by atoms with E-state index in [9.17, 15) is 4.79 Å². The van der Waals surface area contributed by atoms with Crippen LogP contribution in [-0.4, -0.2) is 5.91 Å². The van der Waals surface area contributed by atoms with Crippen LogP contribution in [0.25, 0.3) is 6.08 Å². The zero-order chi connectivity index (χ0) is 16.8. The largest absolute Gasteiger partial charge is 0.322 e. The maximum Gasteiger partial charge on any atom is 0.248 e. The van der Waals surface area contributed by atoms with Gasteiger partial charge in [0.05, 0.1) is 0 Å². The summed E-state index contributed by atoms with van der Waals surface area (Å²) in [6.07, 6.45) is 3.43. The standard InChI is InChI=1S/C21H25NO/c1-15(2)18-11-8-12-19(16(3)4)21(18)22-20(23)14-13-17-9-6-5-7-10-17/h5-16H,1-4H3,(H,22,23). The van der Waals surface area contributed by atoms with Crippen molar-refractivity contribution in [3.8, 4) is 0 Å². The average molecular weight is 307 g/mol. The number of rotatable bonds is 5. The molecular weight excluding hydrogens is 282 g/mol. The monoisotopic (exact) mass is 307 g/mol. The molecule has 0 saturated carbocycles. The highest BCUT2D eigenvalue weighted by molar-refractivity contribution is 6.03. The van der Waals surface area contributed by atoms with Gasteiger partial charge >= 0.3 is 0 Å². The van der Waals surface area contributed by atoms with Crippen LogP contribution < -0.4 is 5.32 Å². The first kappa shape index (κ1) is 17.0. The third-order valence-electron chi connectivity index (χ3n) is 3.85. The summed E-state index contributed by atoms with van der Waals surface area (Å²) in [5.74, 6) is 0.632. The third-order valence-corrected chi connectivity index (χ3v) is 3.85. The van der Waals surface area contributed by atoms with Gasteiger partial charge in [-0.15, -0.1) is 0 Å². The van der Waals surface area contributed by atoms with Crippen molar-refractivity contribution in [2.45, 2.75) is 39.5 Å². The minimum atomic E-state index is -0.0937. The van der Waals surface area contributed by atoms with E-state index in [0.29, 0.717) is 11.8 Å². The van der Waals surface area contributed by atoms with Crippen molar-refractivity contribution in [3.05, 3.63) is 71.3 Å². The first-order valence-corrected chi connectivity index (χ1v) is 8.16. The summed E-state index contributed by atoms with van der Waals surface area (Å²) in [4.78, 5) is 12.3. The lowest BCUT2D eigenvalue weighted by Gasteiger charge is -2.19. The van der Waals surface area contributed by atoms with E-state index in [4.69, 9.17) is 0 Å². The van der Waals surface area contributed by atoms with E-state index in [1.807, 2.05) is 36.4 Å². The van der Waals surface area contributed by atoms with Crippen molar-refractivity contribution in [1.29, 1.82) is 0 Å². The van der Waals surface area contributed by atoms with Crippen molar-refractivity contribution in [2.75, 3.05) is 5.32 Å². The fourth-order valence-corrected chi connectivity index (χ4v) is 2.60. The molecule has 0 aliphatic carbocycles. The molecule has 2 aromatic carbocycles. The molecule has 1 amide bonds. The molecule has 2 aromatic rings. The topological polar surface area (TPSA) is 29.1 Å². The Balaban J connectivity index is 2.24. The molecule has 1 N–H and O–H groups in total. The minimum Gasteiger partial charge on any atom is -0.322 e. The van der Waals surface area contributed by atoms with Gasteiger partial charge in [0.1, 0.15) is 0 Å². The number of carbonyl (C=O) groups is 1. The lowest BCUT2D eigenvalue weighted by Crippen LogP contribution is -2.13. The number of amides is 1. The van der Waals surface area contributed by atoms with Crippen molar-refractivity contribution in [3.63, 3.8) is 0 Å². The highest BCUT2D eigenvalue weighted by Crippen LogP contribution is 2.32. The van der Waals surface area contributed by atoms with Crippen molar-refractivity contribution < 1.29 is 4.79 Å². The zero-order valence-corrected chi connectivity index (χ0v) is 14.3. The Morgan fingerprint density at radius 2 is 1.43 bits per heavy atom. The SMILES string of the molecule is CC(C)c1cccc(C(C)C)c1NC(=O)C=Cc1ccccc1. The Hall–Kier alpha value is -2.35. The van der Waals surface area contributed by atoms with Gasteiger partial charge in [-0.1, -0.05) is 76.2 Å². The Morgan fingerprint density at radius 1 is 0.870 bits per heavy atom. The van der Waals surface area contributed by atoms with Crippen LogP contribution in [-0.2, 0) is 4.79 Å². The van der Waals surface area contributed by atoms with Crippen molar-refractivity contribution in [2.24, 2.45) is 0 Å². The minimum absolute atomic E-state index is 0.0937. The Bertz CT molecular complexity index is 658. The molecule has 0 unspecified atom stereocenters. The molecule has 120 valence electrons. The van der Waals surface area contributed by atoms with E-state index < -0.39 is 0 Å². The Labute approximate surface area is 139 Å². The van der Waals surface area contributed by atoms with E-state index >= 15 is 0 Å². The van der Waals surface area contributed by atoms with Gasteiger partial charge in [0.25, 0.3) is 0 Å². The summed E-state index contributed by atoms with van der Waals surface area (Å²) in [7, 11) is 0. The second-order valence-electron chi connectivity index (χ2n) is 6.35. The molecule has 0 heterocycles. The van der Waals surface area contributed by atoms with Gasteiger partial charge in [-0.25, -0.2) is 0 Å². The number of para-hydroxylation sites is 1. The zero-order valence-electron chi connectivity index (χ0n) is 14.3. The summed E-state index contributed by atoms with van der Waals surface area (Å²) >= 11 is 0. The second-order valence-corrected chi connectivity index (χ2v) is 6.35. The van der Waals surface area contributed by atoms with Crippen molar-refractivity contribution >= 4 is 17.7 Å². The third kappa shape index (κ3) is 4.56. The first-order valence-electron chi connectivity index (χ1n) is 8.16. The number of hydrogen-bond acceptors (Lipinski definition) is 1. The number of hydrogen-bond donors (Lipinski definition) is 1. The molecule has 2 heteroatoms. The summed E-state index contributed by atoms with van der Waals surface area (Å²) in [5, 5.41) is 3.09. The summed E-state index contributed by atoms with van der Waals surface area (Å²) in [6, 6.07) is 16.1. The van der Waals surface area contributed by atoms with E-state index in [0.717, 1.165) is 11.3 Å². The number of anilines is 1. The summed E-state index contributed by atoms with van der Waals surface area (Å²) in [5.41, 5.74) is 4.33. The van der Waals surface area contributed by atoms with Crippen LogP contribution in [0.5, 0.6) is 0 Å². The Morgan fingerprint density at radius 3 is 1.96 bits per heavy atom. The molecular formula is C21H25NO. The lowest BCUT2D eigenvalue weighted by molar-refractivity contribution is -0.111. The average Bonchev–Trinajstić information content (AvgIpc) is 2.53. The fraction of sp³-hybridized carbons (Fsp3) is 0.286.